The molecule has 0 fully saturated rings. The van der Waals surface area contributed by atoms with Crippen LogP contribution in [0.15, 0.2) is 30.3 Å². The zero-order valence-electron chi connectivity index (χ0n) is 7.14. The molecular weight excluding hydrogens is 168 g/mol. The fourth-order valence-corrected chi connectivity index (χ4v) is 1.28. The van der Waals surface area contributed by atoms with E-state index in [0.717, 1.165) is 5.56 Å². The minimum Gasteiger partial charge on any atom is -0.388 e. The molecule has 0 radical (unpaired) electrons. The van der Waals surface area contributed by atoms with Crippen LogP contribution >= 0.6 is 12.6 Å². The molecule has 12 heavy (non-hydrogen) atoms. The number of hydrogen-bond acceptors (Lipinski definition) is 2. The highest BCUT2D eigenvalue weighted by Gasteiger charge is 2.13. The molecule has 0 aliphatic heterocycles. The van der Waals surface area contributed by atoms with Gasteiger partial charge >= 0.3 is 0 Å². The van der Waals surface area contributed by atoms with Gasteiger partial charge in [0.2, 0.25) is 0 Å². The third-order valence-corrected chi connectivity index (χ3v) is 2.54. The Labute approximate surface area is 78.8 Å². The van der Waals surface area contributed by atoms with Crippen molar-refractivity contribution in [2.45, 2.75) is 13.0 Å². The molecule has 2 heteroatoms. The largest absolute Gasteiger partial charge is 0.388 e. The minimum absolute atomic E-state index is 0.204. The average Bonchev–Trinajstić information content (AvgIpc) is 2.17. The first-order valence-electron chi connectivity index (χ1n) is 4.09. The molecule has 66 valence electrons. The third-order valence-electron chi connectivity index (χ3n) is 1.97. The molecule has 2 atom stereocenters. The highest BCUT2D eigenvalue weighted by atomic mass is 32.1. The summed E-state index contributed by atoms with van der Waals surface area (Å²) in [6.45, 7) is 1.99. The number of aliphatic hydroxyl groups excluding tert-OH is 1. The van der Waals surface area contributed by atoms with E-state index in [9.17, 15) is 5.11 Å². The van der Waals surface area contributed by atoms with Crippen molar-refractivity contribution >= 4 is 12.6 Å². The van der Waals surface area contributed by atoms with E-state index in [4.69, 9.17) is 0 Å². The van der Waals surface area contributed by atoms with E-state index < -0.39 is 0 Å². The maximum Gasteiger partial charge on any atom is 0.0823 e. The Morgan fingerprint density at radius 1 is 1.33 bits per heavy atom. The van der Waals surface area contributed by atoms with Crippen molar-refractivity contribution in [3.05, 3.63) is 35.9 Å². The van der Waals surface area contributed by atoms with E-state index in [1.807, 2.05) is 37.3 Å². The van der Waals surface area contributed by atoms with Gasteiger partial charge in [0, 0.05) is 0 Å². The van der Waals surface area contributed by atoms with Gasteiger partial charge in [-0.05, 0) is 17.2 Å². The molecule has 0 aliphatic carbocycles. The van der Waals surface area contributed by atoms with Gasteiger partial charge in [0.05, 0.1) is 6.10 Å². The van der Waals surface area contributed by atoms with Crippen molar-refractivity contribution < 1.29 is 5.11 Å². The van der Waals surface area contributed by atoms with Gasteiger partial charge in [-0.3, -0.25) is 0 Å². The highest BCUT2D eigenvalue weighted by Crippen LogP contribution is 2.21. The topological polar surface area (TPSA) is 20.2 Å². The molecule has 0 heterocycles. The molecule has 0 saturated carbocycles. The zero-order chi connectivity index (χ0) is 8.97. The van der Waals surface area contributed by atoms with Gasteiger partial charge in [0.1, 0.15) is 0 Å². The van der Waals surface area contributed by atoms with Gasteiger partial charge in [-0.25, -0.2) is 0 Å². The predicted octanol–water partition coefficient (Wildman–Crippen LogP) is 2.29. The monoisotopic (exact) mass is 182 g/mol. The standard InChI is InChI=1S/C10H14OS/c1-8(7-12)10(11)9-5-3-2-4-6-9/h2-6,8,10-12H,7H2,1H3. The number of hydrogen-bond donors (Lipinski definition) is 2. The second-order valence-corrected chi connectivity index (χ2v) is 3.38. The molecule has 1 aromatic carbocycles. The molecule has 0 bridgehead atoms. The first-order chi connectivity index (χ1) is 5.75. The number of aliphatic hydroxyl groups is 1. The Hall–Kier alpha value is -0.470. The zero-order valence-corrected chi connectivity index (χ0v) is 8.04. The van der Waals surface area contributed by atoms with Crippen LogP contribution < -0.4 is 0 Å². The van der Waals surface area contributed by atoms with Crippen molar-refractivity contribution in [3.63, 3.8) is 0 Å². The van der Waals surface area contributed by atoms with Gasteiger partial charge in [0.15, 0.2) is 0 Å². The quantitative estimate of drug-likeness (QED) is 0.687. The second-order valence-electron chi connectivity index (χ2n) is 3.02. The molecule has 0 aromatic heterocycles. The number of thiol groups is 1. The first kappa shape index (κ1) is 9.62. The maximum atomic E-state index is 9.74. The Morgan fingerprint density at radius 3 is 2.42 bits per heavy atom. The molecule has 1 aromatic rings. The van der Waals surface area contributed by atoms with Crippen LogP contribution in [0.2, 0.25) is 0 Å². The lowest BCUT2D eigenvalue weighted by Gasteiger charge is -2.16. The number of benzene rings is 1. The van der Waals surface area contributed by atoms with E-state index in [-0.39, 0.29) is 12.0 Å². The van der Waals surface area contributed by atoms with E-state index >= 15 is 0 Å². The smallest absolute Gasteiger partial charge is 0.0823 e. The molecule has 0 aliphatic rings. The van der Waals surface area contributed by atoms with Crippen LogP contribution in [-0.4, -0.2) is 10.9 Å². The molecule has 0 saturated heterocycles. The van der Waals surface area contributed by atoms with Crippen LogP contribution in [0.4, 0.5) is 0 Å². The van der Waals surface area contributed by atoms with Crippen molar-refractivity contribution in [2.24, 2.45) is 5.92 Å². The summed E-state index contributed by atoms with van der Waals surface area (Å²) in [7, 11) is 0. The van der Waals surface area contributed by atoms with Crippen LogP contribution in [-0.2, 0) is 0 Å². The lowest BCUT2D eigenvalue weighted by molar-refractivity contribution is 0.129. The van der Waals surface area contributed by atoms with Gasteiger partial charge < -0.3 is 5.11 Å². The van der Waals surface area contributed by atoms with Gasteiger partial charge in [0.25, 0.3) is 0 Å². The van der Waals surface area contributed by atoms with Crippen molar-refractivity contribution in [1.29, 1.82) is 0 Å². The van der Waals surface area contributed by atoms with Crippen molar-refractivity contribution in [1.82, 2.24) is 0 Å². The normalized spacial score (nSPS) is 15.6. The van der Waals surface area contributed by atoms with Gasteiger partial charge in [-0.2, -0.15) is 12.6 Å². The highest BCUT2D eigenvalue weighted by molar-refractivity contribution is 7.80. The lowest BCUT2D eigenvalue weighted by atomic mass is 9.99. The predicted molar refractivity (Wildman–Crippen MR) is 54.4 cm³/mol. The summed E-state index contributed by atoms with van der Waals surface area (Å²) in [5.41, 5.74) is 0.971. The van der Waals surface area contributed by atoms with Crippen LogP contribution in [0.5, 0.6) is 0 Å². The molecule has 2 unspecified atom stereocenters. The van der Waals surface area contributed by atoms with E-state index in [0.29, 0.717) is 5.75 Å². The Morgan fingerprint density at radius 2 is 1.92 bits per heavy atom. The SMILES string of the molecule is CC(CS)C(O)c1ccccc1. The average molecular weight is 182 g/mol. The van der Waals surface area contributed by atoms with E-state index in [2.05, 4.69) is 12.6 Å². The molecular formula is C10H14OS. The lowest BCUT2D eigenvalue weighted by Crippen LogP contribution is -2.10. The Bertz CT molecular complexity index is 223. The molecule has 1 rings (SSSR count). The second kappa shape index (κ2) is 4.53. The minimum atomic E-state index is -0.385. The molecule has 1 nitrogen and oxygen atoms in total. The summed E-state index contributed by atoms with van der Waals surface area (Å²) in [4.78, 5) is 0. The van der Waals surface area contributed by atoms with Crippen LogP contribution in [0, 0.1) is 5.92 Å². The number of rotatable bonds is 3. The van der Waals surface area contributed by atoms with Crippen LogP contribution in [0.1, 0.15) is 18.6 Å². The fourth-order valence-electron chi connectivity index (χ4n) is 1.08. The molecule has 0 spiro atoms. The summed E-state index contributed by atoms with van der Waals surface area (Å²) in [6.07, 6.45) is -0.385. The van der Waals surface area contributed by atoms with E-state index in [1.165, 1.54) is 0 Å². The first-order valence-corrected chi connectivity index (χ1v) is 4.73. The molecule has 0 amide bonds. The van der Waals surface area contributed by atoms with Gasteiger partial charge in [-0.15, -0.1) is 0 Å². The summed E-state index contributed by atoms with van der Waals surface area (Å²) < 4.78 is 0. The summed E-state index contributed by atoms with van der Waals surface area (Å²) in [5, 5.41) is 9.74. The summed E-state index contributed by atoms with van der Waals surface area (Å²) >= 11 is 4.15. The Balaban J connectivity index is 2.71. The van der Waals surface area contributed by atoms with Gasteiger partial charge in [-0.1, -0.05) is 37.3 Å². The van der Waals surface area contributed by atoms with Crippen molar-refractivity contribution in [3.8, 4) is 0 Å². The summed E-state index contributed by atoms with van der Waals surface area (Å²) in [6, 6.07) is 9.68. The van der Waals surface area contributed by atoms with E-state index in [1.54, 1.807) is 0 Å². The fraction of sp³-hybridized carbons (Fsp3) is 0.400. The third kappa shape index (κ3) is 2.26. The molecule has 1 N–H and O–H groups in total. The van der Waals surface area contributed by atoms with Crippen LogP contribution in [0.25, 0.3) is 0 Å². The summed E-state index contributed by atoms with van der Waals surface area (Å²) in [5.74, 6) is 0.909. The van der Waals surface area contributed by atoms with Crippen molar-refractivity contribution in [2.75, 3.05) is 5.75 Å². The maximum absolute atomic E-state index is 9.74. The van der Waals surface area contributed by atoms with Crippen LogP contribution in [0.3, 0.4) is 0 Å². The Kier molecular flexibility index (Phi) is 3.63.